The molecule has 0 aromatic heterocycles. The summed E-state index contributed by atoms with van der Waals surface area (Å²) in [7, 11) is 0. The topological polar surface area (TPSA) is 46.3 Å². The Morgan fingerprint density at radius 1 is 1.40 bits per heavy atom. The van der Waals surface area contributed by atoms with Gasteiger partial charge in [0, 0.05) is 17.6 Å². The molecule has 1 heterocycles. The summed E-state index contributed by atoms with van der Waals surface area (Å²) >= 11 is 0. The number of nitrogens with two attached hydrogens (primary N) is 1. The molecule has 20 heavy (non-hydrogen) atoms. The Morgan fingerprint density at radius 2 is 2.15 bits per heavy atom. The molecule has 1 unspecified atom stereocenters. The first kappa shape index (κ1) is 15.0. The lowest BCUT2D eigenvalue weighted by molar-refractivity contribution is -0.121. The quantitative estimate of drug-likeness (QED) is 0.839. The standard InChI is InChI=1S/C17H26N2O/c1-12(2)17(20)19-13(3)10-15-11-14(6-4-5-9-18)7-8-16(15)19/h7-8,11-13H,4-6,9-10,18H2,1-3H3. The minimum Gasteiger partial charge on any atom is -0.330 e. The molecule has 0 saturated heterocycles. The van der Waals surface area contributed by atoms with E-state index in [0.29, 0.717) is 0 Å². The lowest BCUT2D eigenvalue weighted by Crippen LogP contribution is -2.38. The lowest BCUT2D eigenvalue weighted by Gasteiger charge is -2.24. The van der Waals surface area contributed by atoms with Crippen LogP contribution in [-0.4, -0.2) is 18.5 Å². The maximum absolute atomic E-state index is 12.3. The number of benzene rings is 1. The van der Waals surface area contributed by atoms with Crippen molar-refractivity contribution in [2.75, 3.05) is 11.4 Å². The van der Waals surface area contributed by atoms with E-state index in [-0.39, 0.29) is 17.9 Å². The first-order valence-electron chi connectivity index (χ1n) is 7.69. The van der Waals surface area contributed by atoms with Gasteiger partial charge in [0.1, 0.15) is 0 Å². The summed E-state index contributed by atoms with van der Waals surface area (Å²) in [5.74, 6) is 0.278. The summed E-state index contributed by atoms with van der Waals surface area (Å²) in [4.78, 5) is 14.3. The minimum atomic E-state index is 0.0487. The van der Waals surface area contributed by atoms with Crippen LogP contribution in [0.25, 0.3) is 0 Å². The Bertz CT molecular complexity index is 482. The van der Waals surface area contributed by atoms with Gasteiger partial charge in [0.05, 0.1) is 0 Å². The van der Waals surface area contributed by atoms with Crippen molar-refractivity contribution in [1.29, 1.82) is 0 Å². The van der Waals surface area contributed by atoms with Gasteiger partial charge in [-0.25, -0.2) is 0 Å². The van der Waals surface area contributed by atoms with Crippen LogP contribution < -0.4 is 10.6 Å². The Kier molecular flexibility index (Phi) is 4.81. The highest BCUT2D eigenvalue weighted by Crippen LogP contribution is 2.34. The fraction of sp³-hybridized carbons (Fsp3) is 0.588. The zero-order valence-electron chi connectivity index (χ0n) is 12.9. The largest absolute Gasteiger partial charge is 0.330 e. The summed E-state index contributed by atoms with van der Waals surface area (Å²) in [6, 6.07) is 6.83. The van der Waals surface area contributed by atoms with Crippen molar-refractivity contribution in [3.8, 4) is 0 Å². The van der Waals surface area contributed by atoms with Gasteiger partial charge in [-0.15, -0.1) is 0 Å². The van der Waals surface area contributed by atoms with E-state index in [0.717, 1.165) is 37.9 Å². The maximum atomic E-state index is 12.3. The van der Waals surface area contributed by atoms with Gasteiger partial charge in [-0.1, -0.05) is 26.0 Å². The average molecular weight is 274 g/mol. The van der Waals surface area contributed by atoms with Gasteiger partial charge in [0.15, 0.2) is 0 Å². The molecule has 3 heteroatoms. The Hall–Kier alpha value is -1.35. The van der Waals surface area contributed by atoms with Crippen LogP contribution >= 0.6 is 0 Å². The number of carbonyl (C=O) groups is 1. The molecular formula is C17H26N2O. The molecule has 0 aliphatic carbocycles. The number of unbranched alkanes of at least 4 members (excludes halogenated alkanes) is 1. The van der Waals surface area contributed by atoms with E-state index in [4.69, 9.17) is 5.73 Å². The number of hydrogen-bond acceptors (Lipinski definition) is 2. The van der Waals surface area contributed by atoms with Crippen molar-refractivity contribution >= 4 is 11.6 Å². The molecule has 0 fully saturated rings. The first-order valence-corrected chi connectivity index (χ1v) is 7.69. The summed E-state index contributed by atoms with van der Waals surface area (Å²) in [5.41, 5.74) is 9.33. The van der Waals surface area contributed by atoms with Crippen molar-refractivity contribution in [1.82, 2.24) is 0 Å². The smallest absolute Gasteiger partial charge is 0.229 e. The first-order chi connectivity index (χ1) is 9.54. The van der Waals surface area contributed by atoms with Gasteiger partial charge in [0.25, 0.3) is 0 Å². The van der Waals surface area contributed by atoms with E-state index >= 15 is 0 Å². The van der Waals surface area contributed by atoms with Crippen LogP contribution in [-0.2, 0) is 17.6 Å². The fourth-order valence-electron chi connectivity index (χ4n) is 2.93. The van der Waals surface area contributed by atoms with Crippen LogP contribution in [0.2, 0.25) is 0 Å². The van der Waals surface area contributed by atoms with Gasteiger partial charge in [0.2, 0.25) is 5.91 Å². The molecule has 3 nitrogen and oxygen atoms in total. The van der Waals surface area contributed by atoms with E-state index in [1.54, 1.807) is 0 Å². The number of hydrogen-bond donors (Lipinski definition) is 1. The van der Waals surface area contributed by atoms with Crippen molar-refractivity contribution in [3.63, 3.8) is 0 Å². The van der Waals surface area contributed by atoms with E-state index in [9.17, 15) is 4.79 Å². The second-order valence-electron chi connectivity index (χ2n) is 6.12. The van der Waals surface area contributed by atoms with Crippen LogP contribution in [0.5, 0.6) is 0 Å². The molecule has 1 aromatic rings. The molecule has 0 radical (unpaired) electrons. The Labute approximate surface area is 122 Å². The van der Waals surface area contributed by atoms with Gasteiger partial charge >= 0.3 is 0 Å². The molecule has 1 aliphatic heterocycles. The zero-order valence-corrected chi connectivity index (χ0v) is 12.9. The summed E-state index contributed by atoms with van der Waals surface area (Å²) < 4.78 is 0. The van der Waals surface area contributed by atoms with E-state index in [1.165, 1.54) is 11.1 Å². The van der Waals surface area contributed by atoms with Crippen LogP contribution in [0.3, 0.4) is 0 Å². The number of carbonyl (C=O) groups excluding carboxylic acids is 1. The molecule has 0 spiro atoms. The number of rotatable bonds is 5. The molecular weight excluding hydrogens is 248 g/mol. The van der Waals surface area contributed by atoms with E-state index in [1.807, 2.05) is 18.7 Å². The normalized spacial score (nSPS) is 17.6. The number of anilines is 1. The highest BCUT2D eigenvalue weighted by molar-refractivity contribution is 5.97. The summed E-state index contributed by atoms with van der Waals surface area (Å²) in [6.07, 6.45) is 4.26. The Balaban J connectivity index is 2.17. The maximum Gasteiger partial charge on any atom is 0.229 e. The highest BCUT2D eigenvalue weighted by Gasteiger charge is 2.31. The van der Waals surface area contributed by atoms with Gasteiger partial charge < -0.3 is 10.6 Å². The molecule has 1 aromatic carbocycles. The van der Waals surface area contributed by atoms with Gasteiger partial charge in [-0.05, 0) is 56.3 Å². The SMILES string of the molecule is CC(C)C(=O)N1c2ccc(CCCCN)cc2CC1C. The van der Waals surface area contributed by atoms with Crippen molar-refractivity contribution in [2.45, 2.75) is 52.5 Å². The molecule has 1 aliphatic rings. The minimum absolute atomic E-state index is 0.0487. The van der Waals surface area contributed by atoms with Crippen LogP contribution in [0.4, 0.5) is 5.69 Å². The van der Waals surface area contributed by atoms with Crippen molar-refractivity contribution in [3.05, 3.63) is 29.3 Å². The van der Waals surface area contributed by atoms with Crippen molar-refractivity contribution < 1.29 is 4.79 Å². The molecule has 2 N–H and O–H groups in total. The van der Waals surface area contributed by atoms with E-state index in [2.05, 4.69) is 25.1 Å². The van der Waals surface area contributed by atoms with E-state index < -0.39 is 0 Å². The third-order valence-electron chi connectivity index (χ3n) is 4.01. The molecule has 2 rings (SSSR count). The molecule has 110 valence electrons. The summed E-state index contributed by atoms with van der Waals surface area (Å²) in [6.45, 7) is 6.83. The highest BCUT2D eigenvalue weighted by atomic mass is 16.2. The van der Waals surface area contributed by atoms with Crippen molar-refractivity contribution in [2.24, 2.45) is 11.7 Å². The number of aryl methyl sites for hydroxylation is 1. The molecule has 0 bridgehead atoms. The number of nitrogens with zero attached hydrogens (tertiary/aromatic N) is 1. The molecule has 1 amide bonds. The van der Waals surface area contributed by atoms with Crippen LogP contribution in [0.15, 0.2) is 18.2 Å². The Morgan fingerprint density at radius 3 is 2.80 bits per heavy atom. The zero-order chi connectivity index (χ0) is 14.7. The predicted molar refractivity (Wildman–Crippen MR) is 83.9 cm³/mol. The van der Waals surface area contributed by atoms with Crippen LogP contribution in [0.1, 0.15) is 44.7 Å². The summed E-state index contributed by atoms with van der Waals surface area (Å²) in [5, 5.41) is 0. The van der Waals surface area contributed by atoms with Gasteiger partial charge in [-0.2, -0.15) is 0 Å². The molecule has 1 atom stereocenters. The second kappa shape index (κ2) is 6.40. The third kappa shape index (κ3) is 3.04. The van der Waals surface area contributed by atoms with Gasteiger partial charge in [-0.3, -0.25) is 4.79 Å². The van der Waals surface area contributed by atoms with Crippen LogP contribution in [0, 0.1) is 5.92 Å². The second-order valence-corrected chi connectivity index (χ2v) is 6.12. The lowest BCUT2D eigenvalue weighted by atomic mass is 10.0. The monoisotopic (exact) mass is 274 g/mol. The average Bonchev–Trinajstić information content (AvgIpc) is 2.73. The number of amides is 1. The predicted octanol–water partition coefficient (Wildman–Crippen LogP) is 2.90. The number of fused-ring (bicyclic) bond motifs is 1. The molecule has 0 saturated carbocycles. The fourth-order valence-corrected chi connectivity index (χ4v) is 2.93. The third-order valence-corrected chi connectivity index (χ3v) is 4.01.